The average molecular weight is 405 g/mol. The van der Waals surface area contributed by atoms with Gasteiger partial charge in [0.05, 0.1) is 30.2 Å². The smallest absolute Gasteiger partial charge is 0.338 e. The van der Waals surface area contributed by atoms with Crippen LogP contribution in [-0.4, -0.2) is 37.5 Å². The van der Waals surface area contributed by atoms with E-state index in [0.29, 0.717) is 22.9 Å². The minimum Gasteiger partial charge on any atom is -0.493 e. The maximum Gasteiger partial charge on any atom is 0.338 e. The molecule has 0 aliphatic heterocycles. The highest BCUT2D eigenvalue weighted by Gasteiger charge is 2.16. The second-order valence-electron chi connectivity index (χ2n) is 6.21. The summed E-state index contributed by atoms with van der Waals surface area (Å²) in [6.07, 6.45) is -0.0364. The SMILES string of the molecule is COc1cc(C(=O)OCC(=O)c2ccc(CNC(C)=O)s2)ccc1OC(C)C. The number of carbonyl (C=O) groups excluding carboxylic acids is 3. The number of benzene rings is 1. The summed E-state index contributed by atoms with van der Waals surface area (Å²) in [6, 6.07) is 8.11. The highest BCUT2D eigenvalue weighted by Crippen LogP contribution is 2.29. The summed E-state index contributed by atoms with van der Waals surface area (Å²) in [5.41, 5.74) is 0.262. The van der Waals surface area contributed by atoms with Crippen molar-refractivity contribution in [1.82, 2.24) is 5.32 Å². The van der Waals surface area contributed by atoms with Crippen LogP contribution in [0.1, 0.15) is 45.7 Å². The van der Waals surface area contributed by atoms with E-state index < -0.39 is 5.97 Å². The van der Waals surface area contributed by atoms with Crippen molar-refractivity contribution in [2.24, 2.45) is 0 Å². The first-order valence-electron chi connectivity index (χ1n) is 8.68. The van der Waals surface area contributed by atoms with Crippen LogP contribution < -0.4 is 14.8 Å². The molecule has 1 aromatic carbocycles. The van der Waals surface area contributed by atoms with E-state index >= 15 is 0 Å². The van der Waals surface area contributed by atoms with Crippen molar-refractivity contribution in [3.05, 3.63) is 45.6 Å². The van der Waals surface area contributed by atoms with Crippen molar-refractivity contribution >= 4 is 29.0 Å². The Bertz CT molecular complexity index is 858. The Kier molecular flexibility index (Phi) is 7.57. The number of nitrogens with one attached hydrogen (secondary N) is 1. The molecule has 8 heteroatoms. The lowest BCUT2D eigenvalue weighted by molar-refractivity contribution is -0.119. The molecule has 0 saturated carbocycles. The minimum absolute atomic E-state index is 0.0364. The van der Waals surface area contributed by atoms with E-state index in [4.69, 9.17) is 14.2 Å². The zero-order valence-electron chi connectivity index (χ0n) is 16.2. The molecular weight excluding hydrogens is 382 g/mol. The molecule has 0 aliphatic rings. The number of ether oxygens (including phenoxy) is 3. The van der Waals surface area contributed by atoms with Crippen LogP contribution in [0.4, 0.5) is 0 Å². The molecular formula is C20H23NO6S. The zero-order chi connectivity index (χ0) is 20.7. The van der Waals surface area contributed by atoms with Gasteiger partial charge in [-0.25, -0.2) is 4.79 Å². The predicted octanol–water partition coefficient (Wildman–Crippen LogP) is 3.22. The van der Waals surface area contributed by atoms with Crippen molar-refractivity contribution in [3.8, 4) is 11.5 Å². The molecule has 0 unspecified atom stereocenters. The quantitative estimate of drug-likeness (QED) is 0.509. The second kappa shape index (κ2) is 9.89. The summed E-state index contributed by atoms with van der Waals surface area (Å²) >= 11 is 1.25. The van der Waals surface area contributed by atoms with Gasteiger partial charge in [0.1, 0.15) is 0 Å². The molecule has 0 aliphatic carbocycles. The maximum atomic E-state index is 12.2. The van der Waals surface area contributed by atoms with Gasteiger partial charge in [0.15, 0.2) is 18.1 Å². The van der Waals surface area contributed by atoms with Gasteiger partial charge in [-0.05, 0) is 44.2 Å². The Balaban J connectivity index is 1.96. The second-order valence-corrected chi connectivity index (χ2v) is 7.38. The number of rotatable bonds is 9. The lowest BCUT2D eigenvalue weighted by Gasteiger charge is -2.14. The third-order valence-corrected chi connectivity index (χ3v) is 4.67. The van der Waals surface area contributed by atoms with Gasteiger partial charge in [-0.15, -0.1) is 11.3 Å². The van der Waals surface area contributed by atoms with E-state index in [-0.39, 0.29) is 30.0 Å². The third kappa shape index (κ3) is 6.09. The average Bonchev–Trinajstić information content (AvgIpc) is 3.13. The van der Waals surface area contributed by atoms with Gasteiger partial charge in [0.2, 0.25) is 11.7 Å². The zero-order valence-corrected chi connectivity index (χ0v) is 17.1. The van der Waals surface area contributed by atoms with Gasteiger partial charge in [-0.3, -0.25) is 9.59 Å². The van der Waals surface area contributed by atoms with E-state index in [9.17, 15) is 14.4 Å². The molecule has 1 heterocycles. The summed E-state index contributed by atoms with van der Waals surface area (Å²) in [7, 11) is 1.48. The lowest BCUT2D eigenvalue weighted by atomic mass is 10.2. The first-order valence-corrected chi connectivity index (χ1v) is 9.50. The van der Waals surface area contributed by atoms with Crippen LogP contribution in [0.2, 0.25) is 0 Å². The van der Waals surface area contributed by atoms with Crippen molar-refractivity contribution in [2.75, 3.05) is 13.7 Å². The summed E-state index contributed by atoms with van der Waals surface area (Å²) in [6.45, 7) is 5.19. The number of methoxy groups -OCH3 is 1. The fraction of sp³-hybridized carbons (Fsp3) is 0.350. The Morgan fingerprint density at radius 1 is 1.11 bits per heavy atom. The van der Waals surface area contributed by atoms with Crippen LogP contribution in [-0.2, 0) is 16.1 Å². The number of hydrogen-bond donors (Lipinski definition) is 1. The predicted molar refractivity (Wildman–Crippen MR) is 105 cm³/mol. The molecule has 0 atom stereocenters. The molecule has 1 amide bonds. The van der Waals surface area contributed by atoms with Gasteiger partial charge in [-0.1, -0.05) is 0 Å². The van der Waals surface area contributed by atoms with Gasteiger partial charge in [0.25, 0.3) is 0 Å². The van der Waals surface area contributed by atoms with Crippen LogP contribution in [0, 0.1) is 0 Å². The van der Waals surface area contributed by atoms with Crippen LogP contribution in [0.3, 0.4) is 0 Å². The van der Waals surface area contributed by atoms with E-state index in [1.807, 2.05) is 13.8 Å². The summed E-state index contributed by atoms with van der Waals surface area (Å²) in [5.74, 6) is -0.141. The molecule has 7 nitrogen and oxygen atoms in total. The number of amides is 1. The van der Waals surface area contributed by atoms with Crippen LogP contribution in [0.15, 0.2) is 30.3 Å². The summed E-state index contributed by atoms with van der Waals surface area (Å²) in [4.78, 5) is 36.7. The third-order valence-electron chi connectivity index (χ3n) is 3.54. The Labute approximate surface area is 167 Å². The molecule has 150 valence electrons. The van der Waals surface area contributed by atoms with E-state index in [1.54, 1.807) is 24.3 Å². The van der Waals surface area contributed by atoms with Crippen molar-refractivity contribution in [1.29, 1.82) is 0 Å². The monoisotopic (exact) mass is 405 g/mol. The fourth-order valence-electron chi connectivity index (χ4n) is 2.27. The summed E-state index contributed by atoms with van der Waals surface area (Å²) < 4.78 is 16.0. The number of hydrogen-bond acceptors (Lipinski definition) is 7. The maximum absolute atomic E-state index is 12.2. The Morgan fingerprint density at radius 2 is 1.86 bits per heavy atom. The molecule has 0 spiro atoms. The fourth-order valence-corrected chi connectivity index (χ4v) is 3.14. The molecule has 2 aromatic rings. The van der Waals surface area contributed by atoms with Crippen LogP contribution in [0.5, 0.6) is 11.5 Å². The number of esters is 1. The van der Waals surface area contributed by atoms with Crippen molar-refractivity contribution in [2.45, 2.75) is 33.4 Å². The molecule has 0 bridgehead atoms. The molecule has 0 fully saturated rings. The molecule has 0 radical (unpaired) electrons. The Morgan fingerprint density at radius 3 is 2.50 bits per heavy atom. The van der Waals surface area contributed by atoms with Gasteiger partial charge < -0.3 is 19.5 Å². The van der Waals surface area contributed by atoms with Crippen LogP contribution >= 0.6 is 11.3 Å². The highest BCUT2D eigenvalue weighted by atomic mass is 32.1. The van der Waals surface area contributed by atoms with Gasteiger partial charge >= 0.3 is 5.97 Å². The molecule has 1 N–H and O–H groups in total. The van der Waals surface area contributed by atoms with E-state index in [2.05, 4.69) is 5.32 Å². The number of carbonyl (C=O) groups is 3. The lowest BCUT2D eigenvalue weighted by Crippen LogP contribution is -2.18. The van der Waals surface area contributed by atoms with Crippen LogP contribution in [0.25, 0.3) is 0 Å². The normalized spacial score (nSPS) is 10.5. The molecule has 28 heavy (non-hydrogen) atoms. The van der Waals surface area contributed by atoms with E-state index in [1.165, 1.54) is 31.4 Å². The number of Topliss-reactive ketones (excluding diaryl/α,β-unsaturated/α-hetero) is 1. The topological polar surface area (TPSA) is 90.9 Å². The first-order chi connectivity index (χ1) is 13.3. The highest BCUT2D eigenvalue weighted by molar-refractivity contribution is 7.14. The first kappa shape index (κ1) is 21.4. The van der Waals surface area contributed by atoms with Gasteiger partial charge in [-0.2, -0.15) is 0 Å². The summed E-state index contributed by atoms with van der Waals surface area (Å²) in [5, 5.41) is 2.67. The van der Waals surface area contributed by atoms with E-state index in [0.717, 1.165) is 4.88 Å². The van der Waals surface area contributed by atoms with Crippen molar-refractivity contribution < 1.29 is 28.6 Å². The largest absolute Gasteiger partial charge is 0.493 e. The van der Waals surface area contributed by atoms with Gasteiger partial charge in [0, 0.05) is 11.8 Å². The number of thiophene rings is 1. The van der Waals surface area contributed by atoms with Crippen molar-refractivity contribution in [3.63, 3.8) is 0 Å². The molecule has 2 rings (SSSR count). The minimum atomic E-state index is -0.627. The molecule has 1 aromatic heterocycles. The standard InChI is InChI=1S/C20H23NO6S/c1-12(2)27-17-7-5-14(9-18(17)25-4)20(24)26-11-16(23)19-8-6-15(28-19)10-21-13(3)22/h5-9,12H,10-11H2,1-4H3,(H,21,22). The number of ketones is 1. The molecule has 0 saturated heterocycles. The Hall–Kier alpha value is -2.87.